The van der Waals surface area contributed by atoms with E-state index in [1.807, 2.05) is 19.9 Å². The van der Waals surface area contributed by atoms with E-state index in [1.54, 1.807) is 25.1 Å². The van der Waals surface area contributed by atoms with Crippen molar-refractivity contribution in [2.24, 2.45) is 0 Å². The third-order valence-corrected chi connectivity index (χ3v) is 3.50. The number of nitrogens with one attached hydrogen (secondary N) is 1. The summed E-state index contributed by atoms with van der Waals surface area (Å²) in [6, 6.07) is 5.03. The van der Waals surface area contributed by atoms with Crippen molar-refractivity contribution in [2.75, 3.05) is 38.8 Å². The Morgan fingerprint density at radius 2 is 2.10 bits per heavy atom. The van der Waals surface area contributed by atoms with Crippen LogP contribution in [0.3, 0.4) is 0 Å². The molecule has 0 bridgehead atoms. The molecule has 0 atom stereocenters. The molecule has 0 saturated carbocycles. The topological polar surface area (TPSA) is 44.7 Å². The molecular weight excluding hydrogens is 259 g/mol. The molecule has 0 aliphatic rings. The molecule has 114 valence electrons. The lowest BCUT2D eigenvalue weighted by molar-refractivity contribution is 0.199. The third-order valence-electron chi connectivity index (χ3n) is 3.50. The Labute approximate surface area is 120 Å². The predicted octanol–water partition coefficient (Wildman–Crippen LogP) is 1.77. The van der Waals surface area contributed by atoms with Gasteiger partial charge in [-0.3, -0.25) is 0 Å². The van der Waals surface area contributed by atoms with E-state index in [0.29, 0.717) is 25.4 Å². The second kappa shape index (κ2) is 7.57. The normalized spacial score (nSPS) is 11.7. The first-order valence-corrected chi connectivity index (χ1v) is 6.75. The summed E-state index contributed by atoms with van der Waals surface area (Å²) in [5.41, 5.74) is 0.866. The fourth-order valence-corrected chi connectivity index (χ4v) is 1.88. The van der Waals surface area contributed by atoms with E-state index < -0.39 is 5.54 Å². The first-order chi connectivity index (χ1) is 9.44. The third kappa shape index (κ3) is 4.16. The second-order valence-corrected chi connectivity index (χ2v) is 5.45. The van der Waals surface area contributed by atoms with Crippen LogP contribution in [0.4, 0.5) is 10.1 Å². The van der Waals surface area contributed by atoms with Crippen LogP contribution < -0.4 is 10.2 Å². The van der Waals surface area contributed by atoms with Crippen molar-refractivity contribution in [1.29, 1.82) is 0 Å². The molecule has 1 aromatic carbocycles. The quantitative estimate of drug-likeness (QED) is 0.714. The Morgan fingerprint density at radius 1 is 1.40 bits per heavy atom. The summed E-state index contributed by atoms with van der Waals surface area (Å²) in [5, 5.41) is 12.7. The largest absolute Gasteiger partial charge is 0.394 e. The summed E-state index contributed by atoms with van der Waals surface area (Å²) < 4.78 is 19.1. The summed E-state index contributed by atoms with van der Waals surface area (Å²) in [4.78, 5) is 1.79. The lowest BCUT2D eigenvalue weighted by Crippen LogP contribution is -2.45. The average Bonchev–Trinajstić information content (AvgIpc) is 2.43. The molecule has 1 aromatic rings. The van der Waals surface area contributed by atoms with Crippen LogP contribution in [0.5, 0.6) is 0 Å². The van der Waals surface area contributed by atoms with Gasteiger partial charge in [0, 0.05) is 27.2 Å². The van der Waals surface area contributed by atoms with Crippen molar-refractivity contribution < 1.29 is 14.2 Å². The van der Waals surface area contributed by atoms with Gasteiger partial charge in [0.15, 0.2) is 0 Å². The Kier molecular flexibility index (Phi) is 6.39. The standard InChI is InChI=1S/C15H25FN2O2/c1-15(2,11-19)18(3)14-12(6-5-7-13(14)16)10-17-8-9-20-4/h5-7,17,19H,8-11H2,1-4H3. The van der Waals surface area contributed by atoms with Crippen molar-refractivity contribution in [3.63, 3.8) is 0 Å². The summed E-state index contributed by atoms with van der Waals surface area (Å²) in [7, 11) is 3.44. The highest BCUT2D eigenvalue weighted by Crippen LogP contribution is 2.28. The van der Waals surface area contributed by atoms with E-state index in [0.717, 1.165) is 5.56 Å². The number of ether oxygens (including phenoxy) is 1. The molecule has 0 saturated heterocycles. The fraction of sp³-hybridized carbons (Fsp3) is 0.600. The minimum atomic E-state index is -0.524. The number of aliphatic hydroxyl groups is 1. The number of anilines is 1. The summed E-state index contributed by atoms with van der Waals surface area (Å²) >= 11 is 0. The molecule has 0 spiro atoms. The number of methoxy groups -OCH3 is 1. The molecule has 0 aliphatic carbocycles. The Balaban J connectivity index is 2.93. The zero-order valence-corrected chi connectivity index (χ0v) is 12.7. The van der Waals surface area contributed by atoms with E-state index in [1.165, 1.54) is 6.07 Å². The predicted molar refractivity (Wildman–Crippen MR) is 79.6 cm³/mol. The maximum atomic E-state index is 14.2. The van der Waals surface area contributed by atoms with Crippen molar-refractivity contribution in [2.45, 2.75) is 25.9 Å². The number of halogens is 1. The summed E-state index contributed by atoms with van der Waals surface area (Å²) in [5.74, 6) is -0.278. The maximum absolute atomic E-state index is 14.2. The van der Waals surface area contributed by atoms with Crippen LogP contribution in [0.25, 0.3) is 0 Å². The number of aliphatic hydroxyl groups excluding tert-OH is 1. The van der Waals surface area contributed by atoms with Gasteiger partial charge in [-0.25, -0.2) is 4.39 Å². The number of rotatable bonds is 8. The van der Waals surface area contributed by atoms with Crippen molar-refractivity contribution in [3.8, 4) is 0 Å². The highest BCUT2D eigenvalue weighted by molar-refractivity contribution is 5.56. The molecular formula is C15H25FN2O2. The van der Waals surface area contributed by atoms with Gasteiger partial charge in [0.2, 0.25) is 0 Å². The minimum Gasteiger partial charge on any atom is -0.394 e. The van der Waals surface area contributed by atoms with E-state index in [9.17, 15) is 9.50 Å². The lowest BCUT2D eigenvalue weighted by Gasteiger charge is -2.37. The number of para-hydroxylation sites is 1. The Hall–Kier alpha value is -1.17. The van der Waals surface area contributed by atoms with Gasteiger partial charge in [0.05, 0.1) is 24.4 Å². The number of likely N-dealkylation sites (N-methyl/N-ethyl adjacent to an activating group) is 1. The van der Waals surface area contributed by atoms with E-state index in [4.69, 9.17) is 4.74 Å². The van der Waals surface area contributed by atoms with Crippen LogP contribution in [-0.2, 0) is 11.3 Å². The molecule has 2 N–H and O–H groups in total. The first kappa shape index (κ1) is 16.9. The van der Waals surface area contributed by atoms with Gasteiger partial charge >= 0.3 is 0 Å². The molecule has 20 heavy (non-hydrogen) atoms. The molecule has 0 fully saturated rings. The van der Waals surface area contributed by atoms with Gasteiger partial charge in [-0.1, -0.05) is 12.1 Å². The number of benzene rings is 1. The highest BCUT2D eigenvalue weighted by Gasteiger charge is 2.26. The first-order valence-electron chi connectivity index (χ1n) is 6.75. The molecule has 5 heteroatoms. The highest BCUT2D eigenvalue weighted by atomic mass is 19.1. The molecule has 4 nitrogen and oxygen atoms in total. The van der Waals surface area contributed by atoms with Gasteiger partial charge in [-0.15, -0.1) is 0 Å². The number of hydrogen-bond acceptors (Lipinski definition) is 4. The monoisotopic (exact) mass is 284 g/mol. The van der Waals surface area contributed by atoms with E-state index >= 15 is 0 Å². The van der Waals surface area contributed by atoms with E-state index in [2.05, 4.69) is 5.32 Å². The minimum absolute atomic E-state index is 0.0472. The van der Waals surface area contributed by atoms with Crippen LogP contribution >= 0.6 is 0 Å². The van der Waals surface area contributed by atoms with Crippen LogP contribution in [0.15, 0.2) is 18.2 Å². The summed E-state index contributed by atoms with van der Waals surface area (Å²) in [6.45, 7) is 5.59. The van der Waals surface area contributed by atoms with Gasteiger partial charge in [0.25, 0.3) is 0 Å². The number of hydrogen-bond donors (Lipinski definition) is 2. The molecule has 0 aliphatic heterocycles. The summed E-state index contributed by atoms with van der Waals surface area (Å²) in [6.07, 6.45) is 0. The lowest BCUT2D eigenvalue weighted by atomic mass is 10.0. The van der Waals surface area contributed by atoms with Crippen molar-refractivity contribution in [3.05, 3.63) is 29.6 Å². The Morgan fingerprint density at radius 3 is 2.70 bits per heavy atom. The average molecular weight is 284 g/mol. The molecule has 0 unspecified atom stereocenters. The Bertz CT molecular complexity index is 424. The van der Waals surface area contributed by atoms with Crippen LogP contribution in [0.2, 0.25) is 0 Å². The fourth-order valence-electron chi connectivity index (χ4n) is 1.88. The van der Waals surface area contributed by atoms with Gasteiger partial charge in [-0.05, 0) is 25.5 Å². The van der Waals surface area contributed by atoms with Crippen LogP contribution in [-0.4, -0.2) is 44.6 Å². The van der Waals surface area contributed by atoms with Crippen molar-refractivity contribution in [1.82, 2.24) is 5.32 Å². The molecule has 0 radical (unpaired) electrons. The maximum Gasteiger partial charge on any atom is 0.146 e. The molecule has 0 amide bonds. The SMILES string of the molecule is COCCNCc1cccc(F)c1N(C)C(C)(C)CO. The number of nitrogens with zero attached hydrogens (tertiary/aromatic N) is 1. The second-order valence-electron chi connectivity index (χ2n) is 5.45. The van der Waals surface area contributed by atoms with Crippen LogP contribution in [0.1, 0.15) is 19.4 Å². The van der Waals surface area contributed by atoms with Gasteiger partial charge in [0.1, 0.15) is 5.82 Å². The van der Waals surface area contributed by atoms with Gasteiger partial charge < -0.3 is 20.1 Å². The zero-order valence-electron chi connectivity index (χ0n) is 12.7. The van der Waals surface area contributed by atoms with Crippen molar-refractivity contribution >= 4 is 5.69 Å². The zero-order chi connectivity index (χ0) is 15.2. The van der Waals surface area contributed by atoms with Crippen LogP contribution in [0, 0.1) is 5.82 Å². The smallest absolute Gasteiger partial charge is 0.146 e. The van der Waals surface area contributed by atoms with Gasteiger partial charge in [-0.2, -0.15) is 0 Å². The van der Waals surface area contributed by atoms with E-state index in [-0.39, 0.29) is 12.4 Å². The molecule has 1 rings (SSSR count). The molecule has 0 aromatic heterocycles. The molecule has 0 heterocycles.